The first-order valence-corrected chi connectivity index (χ1v) is 13.0. The third-order valence-corrected chi connectivity index (χ3v) is 3.41. The van der Waals surface area contributed by atoms with Crippen LogP contribution in [0.3, 0.4) is 0 Å². The first-order valence-electron chi connectivity index (χ1n) is 7.80. The average Bonchev–Trinajstić information content (AvgIpc) is 2.36. The van der Waals surface area contributed by atoms with Crippen molar-refractivity contribution in [3.05, 3.63) is 12.2 Å². The van der Waals surface area contributed by atoms with Crippen LogP contribution >= 0.6 is 33.2 Å². The van der Waals surface area contributed by atoms with Gasteiger partial charge in [0.15, 0.2) is 0 Å². The molecule has 1 aliphatic rings. The van der Waals surface area contributed by atoms with E-state index < -0.39 is 6.73 Å². The zero-order valence-electron chi connectivity index (χ0n) is 12.1. The van der Waals surface area contributed by atoms with Crippen LogP contribution < -0.4 is 0 Å². The number of hydrogen-bond acceptors (Lipinski definition) is 0. The van der Waals surface area contributed by atoms with Gasteiger partial charge in [-0.3, -0.25) is 0 Å². The van der Waals surface area contributed by atoms with E-state index in [9.17, 15) is 0 Å². The van der Waals surface area contributed by atoms with Crippen molar-refractivity contribution >= 4 is 40.0 Å². The van der Waals surface area contributed by atoms with Crippen molar-refractivity contribution in [2.45, 2.75) is 83.5 Å². The van der Waals surface area contributed by atoms with Crippen molar-refractivity contribution in [3.63, 3.8) is 0 Å². The molecule has 0 heterocycles. The Bertz CT molecular complexity index is 177. The van der Waals surface area contributed by atoms with Gasteiger partial charge in [-0.05, 0) is 25.7 Å². The van der Waals surface area contributed by atoms with E-state index in [4.69, 9.17) is 33.2 Å². The molecule has 0 atom stereocenters. The molecule has 0 saturated carbocycles. The summed E-state index contributed by atoms with van der Waals surface area (Å²) in [5.74, 6) is 0. The van der Waals surface area contributed by atoms with Gasteiger partial charge in [0.2, 0.25) is 0 Å². The third-order valence-electron chi connectivity index (χ3n) is 3.41. The van der Waals surface area contributed by atoms with Crippen LogP contribution in [0, 0.1) is 0 Å². The minimum absolute atomic E-state index is 1.32. The molecule has 0 nitrogen and oxygen atoms in total. The summed E-state index contributed by atoms with van der Waals surface area (Å²) in [6, 6.07) is 0. The van der Waals surface area contributed by atoms with Gasteiger partial charge in [-0.2, -0.15) is 0 Å². The molecule has 0 bridgehead atoms. The van der Waals surface area contributed by atoms with Gasteiger partial charge in [0, 0.05) is 0 Å². The molecule has 19 heavy (non-hydrogen) atoms. The van der Waals surface area contributed by atoms with Gasteiger partial charge in [0.05, 0.1) is 0 Å². The molecule has 0 fully saturated rings. The molecule has 0 N–H and O–H groups in total. The van der Waals surface area contributed by atoms with Gasteiger partial charge in [0.25, 0.3) is 0 Å². The molecular weight excluding hydrogens is 315 g/mol. The van der Waals surface area contributed by atoms with Crippen molar-refractivity contribution in [2.75, 3.05) is 0 Å². The molecule has 0 aromatic carbocycles. The lowest BCUT2D eigenvalue weighted by Crippen LogP contribution is -1.81. The normalized spacial score (nSPS) is 20.0. The maximum Gasteiger partial charge on any atom is 0.326 e. The van der Waals surface area contributed by atoms with E-state index in [0.717, 1.165) is 0 Å². The molecule has 0 aromatic rings. The van der Waals surface area contributed by atoms with Crippen LogP contribution in [-0.2, 0) is 0 Å². The van der Waals surface area contributed by atoms with E-state index in [2.05, 4.69) is 12.2 Å². The fraction of sp³-hybridized carbons (Fsp3) is 0.867. The lowest BCUT2D eigenvalue weighted by molar-refractivity contribution is 0.549. The molecule has 4 heteroatoms. The number of rotatable bonds is 0. The molecule has 0 aromatic heterocycles. The summed E-state index contributed by atoms with van der Waals surface area (Å²) in [6.07, 6.45) is 23.5. The highest BCUT2D eigenvalue weighted by Crippen LogP contribution is 2.13. The Morgan fingerprint density at radius 2 is 0.684 bits per heavy atom. The molecular formula is C15H29Cl3Si. The first-order chi connectivity index (χ1) is 9.23. The summed E-state index contributed by atoms with van der Waals surface area (Å²) in [5, 5.41) is 0. The van der Waals surface area contributed by atoms with Crippen molar-refractivity contribution in [1.82, 2.24) is 0 Å². The summed E-state index contributed by atoms with van der Waals surface area (Å²) < 4.78 is 0. The second-order valence-electron chi connectivity index (χ2n) is 5.19. The Morgan fingerprint density at radius 3 is 0.947 bits per heavy atom. The third kappa shape index (κ3) is 21.3. The largest absolute Gasteiger partial charge is 0.326 e. The molecule has 1 aliphatic carbocycles. The monoisotopic (exact) mass is 342 g/mol. The lowest BCUT2D eigenvalue weighted by Gasteiger charge is -2.01. The summed E-state index contributed by atoms with van der Waals surface area (Å²) in [5.41, 5.74) is 0. The standard InChI is InChI=1S/C15H28.Cl3HSi/c1-2-4-6-8-10-12-14-15-13-11-9-7-5-3-1;1-4(2)3/h1-2H,3-15H2;4H. The quantitative estimate of drug-likeness (QED) is 0.251. The van der Waals surface area contributed by atoms with Crippen LogP contribution in [0.5, 0.6) is 0 Å². The summed E-state index contributed by atoms with van der Waals surface area (Å²) in [4.78, 5) is 0. The second kappa shape index (κ2) is 16.9. The van der Waals surface area contributed by atoms with E-state index >= 15 is 0 Å². The van der Waals surface area contributed by atoms with Crippen molar-refractivity contribution in [1.29, 1.82) is 0 Å². The Hall–Kier alpha value is 0.827. The highest BCUT2D eigenvalue weighted by atomic mass is 35.8. The molecule has 0 amide bonds. The Morgan fingerprint density at radius 1 is 0.474 bits per heavy atom. The Kier molecular flexibility index (Phi) is 17.6. The van der Waals surface area contributed by atoms with Crippen LogP contribution in [0.25, 0.3) is 0 Å². The van der Waals surface area contributed by atoms with Crippen molar-refractivity contribution in [2.24, 2.45) is 0 Å². The highest BCUT2D eigenvalue weighted by Gasteiger charge is 1.94. The molecule has 0 aliphatic heterocycles. The molecule has 0 spiro atoms. The predicted molar refractivity (Wildman–Crippen MR) is 93.9 cm³/mol. The predicted octanol–water partition coefficient (Wildman–Crippen LogP) is 7.05. The van der Waals surface area contributed by atoms with Gasteiger partial charge in [-0.15, -0.1) is 33.2 Å². The smallest absolute Gasteiger partial charge is 0.130 e. The van der Waals surface area contributed by atoms with Gasteiger partial charge in [0.1, 0.15) is 0 Å². The van der Waals surface area contributed by atoms with Gasteiger partial charge in [-0.25, -0.2) is 0 Å². The summed E-state index contributed by atoms with van der Waals surface area (Å²) >= 11 is 14.8. The lowest BCUT2D eigenvalue weighted by atomic mass is 10.1. The fourth-order valence-electron chi connectivity index (χ4n) is 2.35. The van der Waals surface area contributed by atoms with Crippen LogP contribution in [-0.4, -0.2) is 6.73 Å². The molecule has 0 unspecified atom stereocenters. The molecule has 0 radical (unpaired) electrons. The Labute approximate surface area is 135 Å². The van der Waals surface area contributed by atoms with Crippen LogP contribution in [0.2, 0.25) is 0 Å². The van der Waals surface area contributed by atoms with E-state index in [0.29, 0.717) is 0 Å². The van der Waals surface area contributed by atoms with Crippen LogP contribution in [0.15, 0.2) is 12.2 Å². The van der Waals surface area contributed by atoms with Gasteiger partial charge >= 0.3 is 6.73 Å². The summed E-state index contributed by atoms with van der Waals surface area (Å²) in [6.45, 7) is -1.72. The number of hydrogen-bond donors (Lipinski definition) is 0. The minimum atomic E-state index is -1.72. The van der Waals surface area contributed by atoms with Gasteiger partial charge < -0.3 is 0 Å². The van der Waals surface area contributed by atoms with E-state index in [1.54, 1.807) is 0 Å². The second-order valence-corrected chi connectivity index (χ2v) is 11.6. The van der Waals surface area contributed by atoms with E-state index in [1.165, 1.54) is 83.5 Å². The van der Waals surface area contributed by atoms with E-state index in [1.807, 2.05) is 0 Å². The Balaban J connectivity index is 0.000000711. The topological polar surface area (TPSA) is 0 Å². The van der Waals surface area contributed by atoms with Crippen molar-refractivity contribution in [3.8, 4) is 0 Å². The van der Waals surface area contributed by atoms with E-state index in [-0.39, 0.29) is 0 Å². The van der Waals surface area contributed by atoms with Crippen molar-refractivity contribution < 1.29 is 0 Å². The minimum Gasteiger partial charge on any atom is -0.130 e. The average molecular weight is 344 g/mol. The molecule has 0 saturated heterocycles. The maximum absolute atomic E-state index is 4.94. The fourth-order valence-corrected chi connectivity index (χ4v) is 2.35. The maximum atomic E-state index is 4.94. The number of halogens is 3. The first kappa shape index (κ1) is 19.8. The highest BCUT2D eigenvalue weighted by molar-refractivity contribution is 7.54. The van der Waals surface area contributed by atoms with Crippen LogP contribution in [0.4, 0.5) is 0 Å². The summed E-state index contributed by atoms with van der Waals surface area (Å²) in [7, 11) is 0. The zero-order valence-corrected chi connectivity index (χ0v) is 15.5. The number of allylic oxidation sites excluding steroid dienone is 2. The molecule has 1 rings (SSSR count). The zero-order chi connectivity index (χ0) is 14.2. The molecule has 114 valence electrons. The SMILES string of the molecule is C1=CCCCCCCCCCCCCC1.Cl[SiH](Cl)Cl. The van der Waals surface area contributed by atoms with Crippen LogP contribution in [0.1, 0.15) is 83.5 Å². The van der Waals surface area contributed by atoms with Gasteiger partial charge in [-0.1, -0.05) is 69.9 Å².